The third-order valence-corrected chi connectivity index (χ3v) is 6.04. The first kappa shape index (κ1) is 22.7. The van der Waals surface area contributed by atoms with Crippen LogP contribution in [0, 0.1) is 19.3 Å². The summed E-state index contributed by atoms with van der Waals surface area (Å²) in [5.41, 5.74) is -2.44. The highest BCUT2D eigenvalue weighted by Crippen LogP contribution is 2.47. The molecule has 5 nitrogen and oxygen atoms in total. The van der Waals surface area contributed by atoms with E-state index >= 15 is 0 Å². The Kier molecular flexibility index (Phi) is 5.39. The maximum absolute atomic E-state index is 13.7. The molecule has 0 unspecified atom stereocenters. The number of terminal acetylenes is 1. The van der Waals surface area contributed by atoms with Crippen molar-refractivity contribution in [3.05, 3.63) is 69.3 Å². The highest BCUT2D eigenvalue weighted by Gasteiger charge is 2.53. The van der Waals surface area contributed by atoms with Crippen molar-refractivity contribution in [2.45, 2.75) is 43.9 Å². The Hall–Kier alpha value is -3.48. The molecule has 1 aromatic carbocycles. The summed E-state index contributed by atoms with van der Waals surface area (Å²) < 4.78 is 69.9. The molecule has 1 aliphatic carbocycles. The molecule has 1 atom stereocenters. The number of aromatic nitrogens is 3. The Bertz CT molecular complexity index is 1410. The molecule has 33 heavy (non-hydrogen) atoms. The molecule has 1 aliphatic rings. The van der Waals surface area contributed by atoms with Crippen LogP contribution in [0.4, 0.5) is 22.0 Å². The van der Waals surface area contributed by atoms with Crippen LogP contribution in [0.15, 0.2) is 46.6 Å². The number of alkyl halides is 5. The van der Waals surface area contributed by atoms with Gasteiger partial charge in [0.1, 0.15) is 11.6 Å². The summed E-state index contributed by atoms with van der Waals surface area (Å²) in [6.07, 6.45) is 1.30. The number of nitrogens with zero attached hydrogens (tertiary/aromatic N) is 4. The van der Waals surface area contributed by atoms with Crippen molar-refractivity contribution in [1.82, 2.24) is 14.1 Å². The van der Waals surface area contributed by atoms with Crippen LogP contribution in [0.2, 0.25) is 0 Å². The Morgan fingerprint density at radius 1 is 1.27 bits per heavy atom. The van der Waals surface area contributed by atoms with E-state index in [2.05, 4.69) is 15.9 Å². The summed E-state index contributed by atoms with van der Waals surface area (Å²) in [4.78, 5) is 21.2. The Morgan fingerprint density at radius 3 is 2.55 bits per heavy atom. The van der Waals surface area contributed by atoms with Crippen LogP contribution in [-0.2, 0) is 18.8 Å². The fraction of sp³-hybridized carbons (Fsp3) is 0.348. The highest BCUT2D eigenvalue weighted by atomic mass is 19.4. The monoisotopic (exact) mass is 462 g/mol. The van der Waals surface area contributed by atoms with E-state index in [1.54, 1.807) is 7.05 Å². The van der Waals surface area contributed by atoms with E-state index < -0.39 is 35.3 Å². The molecule has 1 saturated carbocycles. The topological polar surface area (TPSA) is 52.2 Å². The summed E-state index contributed by atoms with van der Waals surface area (Å²) in [5, 5.41) is 0.288. The van der Waals surface area contributed by atoms with Crippen molar-refractivity contribution >= 4 is 10.9 Å². The van der Waals surface area contributed by atoms with Crippen molar-refractivity contribution in [3.63, 3.8) is 0 Å². The molecule has 0 bridgehead atoms. The number of hydrogen-bond acceptors (Lipinski definition) is 3. The standard InChI is InChI=1S/C23H19F5N4O/c1-4-17(14-6-5-7-16(13(14)2)23(26,27)28)30-20-15-11-32(22(8-9-22)21(24)25)19(33)10-18(15)31(3)12-29-20/h1,5-7,10-12,17,21H,8-9H2,2-3H3/t17-/m1/s1. The number of halogens is 5. The minimum atomic E-state index is -4.56. The van der Waals surface area contributed by atoms with Gasteiger partial charge < -0.3 is 9.13 Å². The average Bonchev–Trinajstić information content (AvgIpc) is 3.55. The zero-order chi connectivity index (χ0) is 24.1. The molecule has 172 valence electrons. The summed E-state index contributed by atoms with van der Waals surface area (Å²) in [7, 11) is 1.62. The molecule has 0 spiro atoms. The van der Waals surface area contributed by atoms with E-state index in [-0.39, 0.29) is 34.8 Å². The third kappa shape index (κ3) is 3.81. The second-order valence-corrected chi connectivity index (χ2v) is 8.08. The van der Waals surface area contributed by atoms with Gasteiger partial charge in [-0.05, 0) is 37.0 Å². The van der Waals surface area contributed by atoms with Gasteiger partial charge in [-0.2, -0.15) is 13.2 Å². The smallest absolute Gasteiger partial charge is 0.335 e. The number of pyridine rings is 1. The minimum absolute atomic E-state index is 0.0432. The molecule has 10 heteroatoms. The van der Waals surface area contributed by atoms with Gasteiger partial charge >= 0.3 is 6.18 Å². The van der Waals surface area contributed by atoms with Gasteiger partial charge in [0.2, 0.25) is 0 Å². The first-order valence-corrected chi connectivity index (χ1v) is 10.0. The summed E-state index contributed by atoms with van der Waals surface area (Å²) in [5.74, 6) is 2.38. The molecule has 2 heterocycles. The lowest BCUT2D eigenvalue weighted by Gasteiger charge is -2.19. The maximum Gasteiger partial charge on any atom is 0.416 e. The fourth-order valence-corrected chi connectivity index (χ4v) is 3.98. The van der Waals surface area contributed by atoms with Gasteiger partial charge in [0.05, 0.1) is 22.8 Å². The number of rotatable bonds is 4. The normalized spacial score (nSPS) is 16.8. The summed E-state index contributed by atoms with van der Waals surface area (Å²) >= 11 is 0. The molecule has 0 aliphatic heterocycles. The van der Waals surface area contributed by atoms with E-state index in [1.807, 2.05) is 0 Å². The number of hydrogen-bond donors (Lipinski definition) is 0. The first-order chi connectivity index (χ1) is 15.5. The van der Waals surface area contributed by atoms with Gasteiger partial charge in [-0.1, -0.05) is 18.1 Å². The zero-order valence-electron chi connectivity index (χ0n) is 17.7. The van der Waals surface area contributed by atoms with Crippen molar-refractivity contribution < 1.29 is 22.0 Å². The Labute approximate surface area is 185 Å². The van der Waals surface area contributed by atoms with Gasteiger partial charge in [-0.3, -0.25) is 4.79 Å². The predicted octanol–water partition coefficient (Wildman–Crippen LogP) is 4.09. The molecule has 0 amide bonds. The number of benzene rings is 1. The lowest BCUT2D eigenvalue weighted by atomic mass is 9.97. The predicted molar refractivity (Wildman–Crippen MR) is 112 cm³/mol. The van der Waals surface area contributed by atoms with Gasteiger partial charge in [0.25, 0.3) is 12.0 Å². The second kappa shape index (κ2) is 7.83. The van der Waals surface area contributed by atoms with Crippen LogP contribution in [0.25, 0.3) is 10.9 Å². The van der Waals surface area contributed by atoms with E-state index in [9.17, 15) is 26.7 Å². The third-order valence-electron chi connectivity index (χ3n) is 6.04. The van der Waals surface area contributed by atoms with Gasteiger partial charge in [-0.25, -0.2) is 18.8 Å². The largest absolute Gasteiger partial charge is 0.416 e. The summed E-state index contributed by atoms with van der Waals surface area (Å²) in [6, 6.07) is 3.77. The molecular formula is C23H19F5N4O. The van der Waals surface area contributed by atoms with Crippen molar-refractivity contribution in [3.8, 4) is 12.3 Å². The molecule has 3 aromatic rings. The van der Waals surface area contributed by atoms with Crippen LogP contribution in [-0.4, -0.2) is 20.5 Å². The Balaban J connectivity index is 1.95. The first-order valence-electron chi connectivity index (χ1n) is 10.0. The van der Waals surface area contributed by atoms with Crippen LogP contribution < -0.4 is 11.0 Å². The molecule has 1 fully saturated rings. The molecule has 2 aromatic heterocycles. The lowest BCUT2D eigenvalue weighted by Crippen LogP contribution is -2.35. The van der Waals surface area contributed by atoms with E-state index in [0.29, 0.717) is 5.52 Å². The van der Waals surface area contributed by atoms with E-state index in [0.717, 1.165) is 10.6 Å². The van der Waals surface area contributed by atoms with Crippen LogP contribution >= 0.6 is 0 Å². The summed E-state index contributed by atoms with van der Waals surface area (Å²) in [6.45, 7) is 1.31. The number of aryl methyl sites for hydroxylation is 1. The van der Waals surface area contributed by atoms with E-state index in [1.165, 1.54) is 42.2 Å². The van der Waals surface area contributed by atoms with Crippen molar-refractivity contribution in [2.24, 2.45) is 12.0 Å². The van der Waals surface area contributed by atoms with Crippen molar-refractivity contribution in [2.75, 3.05) is 0 Å². The lowest BCUT2D eigenvalue weighted by molar-refractivity contribution is -0.138. The molecule has 0 radical (unpaired) electrons. The van der Waals surface area contributed by atoms with E-state index in [4.69, 9.17) is 6.42 Å². The minimum Gasteiger partial charge on any atom is -0.335 e. The average molecular weight is 462 g/mol. The van der Waals surface area contributed by atoms with Gasteiger partial charge in [-0.15, -0.1) is 6.42 Å². The number of fused-ring (bicyclic) bond motifs is 1. The molecule has 4 rings (SSSR count). The van der Waals surface area contributed by atoms with Crippen LogP contribution in [0.3, 0.4) is 0 Å². The van der Waals surface area contributed by atoms with Crippen molar-refractivity contribution in [1.29, 1.82) is 0 Å². The Morgan fingerprint density at radius 2 is 1.97 bits per heavy atom. The maximum atomic E-state index is 13.7. The fourth-order valence-electron chi connectivity index (χ4n) is 3.98. The van der Waals surface area contributed by atoms with Gasteiger partial charge in [0, 0.05) is 19.3 Å². The molecular weight excluding hydrogens is 443 g/mol. The van der Waals surface area contributed by atoms with Gasteiger partial charge in [0.15, 0.2) is 5.49 Å². The highest BCUT2D eigenvalue weighted by molar-refractivity contribution is 5.76. The molecule has 0 N–H and O–H groups in total. The second-order valence-electron chi connectivity index (χ2n) is 8.08. The molecule has 0 saturated heterocycles. The quantitative estimate of drug-likeness (QED) is 0.433. The SMILES string of the molecule is C#C[C@@H](N=c1ncn(C)c2cc(=O)n(C3(C(F)F)CC3)cc12)c1cccc(C(F)(F)F)c1C. The zero-order valence-corrected chi connectivity index (χ0v) is 17.7. The van der Waals surface area contributed by atoms with Crippen LogP contribution in [0.5, 0.6) is 0 Å². The van der Waals surface area contributed by atoms with Crippen LogP contribution in [0.1, 0.15) is 35.6 Å².